The summed E-state index contributed by atoms with van der Waals surface area (Å²) in [7, 11) is 1.64. The zero-order chi connectivity index (χ0) is 12.5. The van der Waals surface area contributed by atoms with Gasteiger partial charge in [-0.05, 0) is 31.7 Å². The first-order valence-electron chi connectivity index (χ1n) is 6.14. The fourth-order valence-electron chi connectivity index (χ4n) is 2.27. The van der Waals surface area contributed by atoms with E-state index in [1.54, 1.807) is 7.11 Å². The quantitative estimate of drug-likeness (QED) is 0.876. The zero-order valence-electron chi connectivity index (χ0n) is 11.0. The van der Waals surface area contributed by atoms with Crippen molar-refractivity contribution < 1.29 is 9.26 Å². The van der Waals surface area contributed by atoms with Crippen molar-refractivity contribution in [2.75, 3.05) is 13.7 Å². The maximum Gasteiger partial charge on any atom is 0.244 e. The van der Waals surface area contributed by atoms with Crippen LogP contribution in [-0.4, -0.2) is 23.8 Å². The molecular weight excluding hydrogens is 218 g/mol. The minimum atomic E-state index is -0.126. The van der Waals surface area contributed by atoms with Gasteiger partial charge in [-0.25, -0.2) is 0 Å². The van der Waals surface area contributed by atoms with Gasteiger partial charge in [0.25, 0.3) is 0 Å². The highest BCUT2D eigenvalue weighted by Crippen LogP contribution is 2.39. The Hall–Kier alpha value is -0.940. The monoisotopic (exact) mass is 239 g/mol. The molecule has 0 bridgehead atoms. The number of methoxy groups -OCH3 is 1. The van der Waals surface area contributed by atoms with Gasteiger partial charge in [-0.2, -0.15) is 4.98 Å². The van der Waals surface area contributed by atoms with E-state index in [2.05, 4.69) is 29.3 Å². The highest BCUT2D eigenvalue weighted by Gasteiger charge is 2.37. The van der Waals surface area contributed by atoms with E-state index in [-0.39, 0.29) is 17.6 Å². The Morgan fingerprint density at radius 3 is 2.94 bits per heavy atom. The van der Waals surface area contributed by atoms with Crippen molar-refractivity contribution >= 4 is 0 Å². The molecule has 1 aliphatic rings. The van der Waals surface area contributed by atoms with Crippen LogP contribution in [0.15, 0.2) is 4.52 Å². The molecule has 1 aromatic heterocycles. The van der Waals surface area contributed by atoms with Crippen molar-refractivity contribution in [2.45, 2.75) is 45.8 Å². The Bertz CT molecular complexity index is 376. The molecule has 2 unspecified atom stereocenters. The summed E-state index contributed by atoms with van der Waals surface area (Å²) in [6.07, 6.45) is 2.24. The zero-order valence-corrected chi connectivity index (χ0v) is 11.0. The fourth-order valence-corrected chi connectivity index (χ4v) is 2.27. The molecular formula is C12H21N3O2. The van der Waals surface area contributed by atoms with Crippen LogP contribution in [0.5, 0.6) is 0 Å². The van der Waals surface area contributed by atoms with Crippen molar-refractivity contribution in [3.05, 3.63) is 11.7 Å². The van der Waals surface area contributed by atoms with E-state index >= 15 is 0 Å². The van der Waals surface area contributed by atoms with E-state index < -0.39 is 0 Å². The Labute approximate surface area is 102 Å². The first-order chi connectivity index (χ1) is 8.04. The lowest BCUT2D eigenvalue weighted by Gasteiger charge is -2.36. The average Bonchev–Trinajstić information content (AvgIpc) is 2.76. The molecule has 0 spiro atoms. The number of hydrogen-bond donors (Lipinski definition) is 1. The molecule has 0 radical (unpaired) electrons. The number of aromatic nitrogens is 2. The molecule has 0 saturated carbocycles. The Balaban J connectivity index is 2.18. The first kappa shape index (κ1) is 12.5. The van der Waals surface area contributed by atoms with Crippen molar-refractivity contribution in [3.8, 4) is 0 Å². The summed E-state index contributed by atoms with van der Waals surface area (Å²) < 4.78 is 10.5. The second-order valence-corrected chi connectivity index (χ2v) is 5.35. The highest BCUT2D eigenvalue weighted by molar-refractivity contribution is 5.02. The first-order valence-corrected chi connectivity index (χ1v) is 6.14. The van der Waals surface area contributed by atoms with Crippen molar-refractivity contribution in [3.63, 3.8) is 0 Å². The second kappa shape index (κ2) is 4.74. The molecule has 1 saturated heterocycles. The van der Waals surface area contributed by atoms with E-state index in [1.807, 2.05) is 6.92 Å². The van der Waals surface area contributed by atoms with Gasteiger partial charge in [0, 0.05) is 7.11 Å². The van der Waals surface area contributed by atoms with Gasteiger partial charge < -0.3 is 14.6 Å². The summed E-state index contributed by atoms with van der Waals surface area (Å²) in [6, 6.07) is 0.140. The average molecular weight is 239 g/mol. The number of hydrogen-bond acceptors (Lipinski definition) is 5. The van der Waals surface area contributed by atoms with Crippen LogP contribution in [0.25, 0.3) is 0 Å². The van der Waals surface area contributed by atoms with Gasteiger partial charge in [0.2, 0.25) is 5.89 Å². The van der Waals surface area contributed by atoms with E-state index in [0.29, 0.717) is 11.7 Å². The molecule has 2 rings (SSSR count). The molecule has 5 heteroatoms. The fraction of sp³-hybridized carbons (Fsp3) is 0.833. The van der Waals surface area contributed by atoms with Crippen LogP contribution in [0.2, 0.25) is 0 Å². The third kappa shape index (κ3) is 2.50. The lowest BCUT2D eigenvalue weighted by molar-refractivity contribution is 0.109. The van der Waals surface area contributed by atoms with Crippen LogP contribution in [-0.2, 0) is 4.74 Å². The van der Waals surface area contributed by atoms with Gasteiger partial charge >= 0.3 is 0 Å². The van der Waals surface area contributed by atoms with Gasteiger partial charge in [-0.3, -0.25) is 0 Å². The van der Waals surface area contributed by atoms with E-state index in [9.17, 15) is 0 Å². The standard InChI is InChI=1S/C12H21N3O2/c1-8(16-4)10-14-11(17-15-10)9-12(2,3)6-5-7-13-9/h8-9,13H,5-7H2,1-4H3. The van der Waals surface area contributed by atoms with Crippen molar-refractivity contribution in [1.29, 1.82) is 0 Å². The van der Waals surface area contributed by atoms with Gasteiger partial charge in [0.1, 0.15) is 6.10 Å². The molecule has 1 fully saturated rings. The molecule has 0 aliphatic carbocycles. The van der Waals surface area contributed by atoms with Crippen LogP contribution in [0.4, 0.5) is 0 Å². The SMILES string of the molecule is COC(C)c1noc(C2NCCCC2(C)C)n1. The maximum absolute atomic E-state index is 5.36. The number of nitrogens with zero attached hydrogens (tertiary/aromatic N) is 2. The third-order valence-corrected chi connectivity index (χ3v) is 3.55. The Morgan fingerprint density at radius 2 is 2.29 bits per heavy atom. The minimum absolute atomic E-state index is 0.126. The lowest BCUT2D eigenvalue weighted by atomic mass is 9.77. The van der Waals surface area contributed by atoms with Crippen LogP contribution in [0.1, 0.15) is 57.5 Å². The molecule has 0 aromatic carbocycles. The largest absolute Gasteiger partial charge is 0.374 e. The Morgan fingerprint density at radius 1 is 1.53 bits per heavy atom. The summed E-state index contributed by atoms with van der Waals surface area (Å²) in [4.78, 5) is 4.44. The summed E-state index contributed by atoms with van der Waals surface area (Å²) >= 11 is 0. The molecule has 1 N–H and O–H groups in total. The smallest absolute Gasteiger partial charge is 0.244 e. The van der Waals surface area contributed by atoms with Gasteiger partial charge in [0.15, 0.2) is 5.82 Å². The third-order valence-electron chi connectivity index (χ3n) is 3.55. The van der Waals surface area contributed by atoms with Crippen LogP contribution >= 0.6 is 0 Å². The molecule has 2 heterocycles. The predicted molar refractivity (Wildman–Crippen MR) is 63.5 cm³/mol. The lowest BCUT2D eigenvalue weighted by Crippen LogP contribution is -2.39. The topological polar surface area (TPSA) is 60.2 Å². The number of ether oxygens (including phenoxy) is 1. The highest BCUT2D eigenvalue weighted by atomic mass is 16.5. The molecule has 0 amide bonds. The summed E-state index contributed by atoms with van der Waals surface area (Å²) in [5, 5.41) is 7.44. The van der Waals surface area contributed by atoms with E-state index in [4.69, 9.17) is 9.26 Å². The van der Waals surface area contributed by atoms with Gasteiger partial charge in [0.05, 0.1) is 6.04 Å². The molecule has 96 valence electrons. The van der Waals surface area contributed by atoms with Crippen molar-refractivity contribution in [1.82, 2.24) is 15.5 Å². The van der Waals surface area contributed by atoms with Crippen LogP contribution < -0.4 is 5.32 Å². The predicted octanol–water partition coefficient (Wildman–Crippen LogP) is 2.23. The van der Waals surface area contributed by atoms with E-state index in [1.165, 1.54) is 12.8 Å². The second-order valence-electron chi connectivity index (χ2n) is 5.35. The Kier molecular flexibility index (Phi) is 3.49. The van der Waals surface area contributed by atoms with Gasteiger partial charge in [-0.1, -0.05) is 19.0 Å². The minimum Gasteiger partial charge on any atom is -0.374 e. The molecule has 1 aliphatic heterocycles. The van der Waals surface area contributed by atoms with Crippen LogP contribution in [0, 0.1) is 5.41 Å². The number of piperidine rings is 1. The molecule has 17 heavy (non-hydrogen) atoms. The normalized spacial score (nSPS) is 25.8. The summed E-state index contributed by atoms with van der Waals surface area (Å²) in [5.41, 5.74) is 0.151. The van der Waals surface area contributed by atoms with E-state index in [0.717, 1.165) is 6.54 Å². The van der Waals surface area contributed by atoms with Crippen LogP contribution in [0.3, 0.4) is 0 Å². The molecule has 1 aromatic rings. The maximum atomic E-state index is 5.36. The summed E-state index contributed by atoms with van der Waals surface area (Å²) in [5.74, 6) is 1.29. The van der Waals surface area contributed by atoms with Crippen molar-refractivity contribution in [2.24, 2.45) is 5.41 Å². The number of rotatable bonds is 3. The van der Waals surface area contributed by atoms with Gasteiger partial charge in [-0.15, -0.1) is 0 Å². The number of nitrogens with one attached hydrogen (secondary N) is 1. The summed E-state index contributed by atoms with van der Waals surface area (Å²) in [6.45, 7) is 7.38. The molecule has 2 atom stereocenters. The molecule has 5 nitrogen and oxygen atoms in total.